The van der Waals surface area contributed by atoms with Gasteiger partial charge in [0.1, 0.15) is 18.1 Å². The number of nitrogens with one attached hydrogen (secondary N) is 2. The lowest BCUT2D eigenvalue weighted by Gasteiger charge is -2.18. The second-order valence-electron chi connectivity index (χ2n) is 14.2. The van der Waals surface area contributed by atoms with Crippen LogP contribution in [0.2, 0.25) is 0 Å². The molecule has 0 radical (unpaired) electrons. The quantitative estimate of drug-likeness (QED) is 0.105. The van der Waals surface area contributed by atoms with Crippen molar-refractivity contribution in [3.8, 4) is 22.6 Å². The summed E-state index contributed by atoms with van der Waals surface area (Å²) in [5.74, 6) is -0.505. The molecule has 2 aliphatic heterocycles. The third kappa shape index (κ3) is 7.39. The van der Waals surface area contributed by atoms with Gasteiger partial charge in [-0.25, -0.2) is 14.8 Å². The van der Waals surface area contributed by atoms with Gasteiger partial charge in [-0.1, -0.05) is 27.7 Å². The second kappa shape index (κ2) is 17.1. The molecular weight excluding hydrogens is 737 g/mol. The summed E-state index contributed by atoms with van der Waals surface area (Å²) in [4.78, 5) is 56.8. The Balaban J connectivity index is 1.95. The van der Waals surface area contributed by atoms with Gasteiger partial charge in [0.05, 0.1) is 68.7 Å². The van der Waals surface area contributed by atoms with E-state index in [2.05, 4.69) is 37.7 Å². The predicted octanol–water partition coefficient (Wildman–Crippen LogP) is 9.51. The Morgan fingerprint density at radius 1 is 0.655 bits per heavy atom. The van der Waals surface area contributed by atoms with Crippen LogP contribution in [0.1, 0.15) is 116 Å². The summed E-state index contributed by atoms with van der Waals surface area (Å²) in [6.07, 6.45) is 2.69. The maximum Gasteiger partial charge on any atom is 0.338 e. The van der Waals surface area contributed by atoms with Crippen LogP contribution in [0.15, 0.2) is 30.3 Å². The van der Waals surface area contributed by atoms with Crippen LogP contribution in [0.3, 0.4) is 0 Å². The van der Waals surface area contributed by atoms with E-state index in [0.29, 0.717) is 70.9 Å². The molecule has 0 amide bonds. The summed E-state index contributed by atoms with van der Waals surface area (Å²) >= 11 is 0. The van der Waals surface area contributed by atoms with Gasteiger partial charge in [-0.2, -0.15) is 0 Å². The number of carbonyl (C=O) groups excluding carboxylic acids is 3. The number of aryl methyl sites for hydroxylation is 3. The van der Waals surface area contributed by atoms with Crippen LogP contribution in [-0.2, 0) is 43.2 Å². The second-order valence-corrected chi connectivity index (χ2v) is 14.2. The van der Waals surface area contributed by atoms with Gasteiger partial charge in [0, 0.05) is 46.2 Å². The van der Waals surface area contributed by atoms with Crippen LogP contribution in [0.25, 0.3) is 55.5 Å². The van der Waals surface area contributed by atoms with E-state index in [-0.39, 0.29) is 18.6 Å². The molecule has 2 aliphatic rings. The van der Waals surface area contributed by atoms with Crippen molar-refractivity contribution in [3.63, 3.8) is 0 Å². The highest BCUT2D eigenvalue weighted by atomic mass is 16.5. The molecule has 0 atom stereocenters. The summed E-state index contributed by atoms with van der Waals surface area (Å²) in [7, 11) is 5.84. The predicted molar refractivity (Wildman–Crippen MR) is 226 cm³/mol. The minimum absolute atomic E-state index is 0.00878. The Hall–Kier alpha value is -6.17. The normalized spacial score (nSPS) is 12.5. The standard InChI is InChI=1S/C46H52N4O8/c1-12-27-29(14-3)44-43(42-32(46(53)57-11)16-26(54-8)17-40(42)55-9)45-30(15-4)28(13-2)37(50-45)20-35-24(6)33(22-58-25(7)51)39(48-35)21-38-31(18-41(52)56-10)23(5)34(47-38)19-36(27)49-44/h16-17,19-21,48-49H,12-15,18,22H2,1-11H3. The highest BCUT2D eigenvalue weighted by Gasteiger charge is 2.30. The number of nitrogens with zero attached hydrogens (tertiary/aromatic N) is 2. The number of aromatic amines is 2. The number of methoxy groups -OCH3 is 4. The van der Waals surface area contributed by atoms with Crippen molar-refractivity contribution in [3.05, 3.63) is 80.9 Å². The van der Waals surface area contributed by atoms with Crippen LogP contribution in [0, 0.1) is 6.92 Å². The molecule has 0 aliphatic carbocycles. The number of allylic oxidation sites excluding steroid dienone is 3. The molecule has 0 fully saturated rings. The lowest BCUT2D eigenvalue weighted by atomic mass is 9.90. The fourth-order valence-corrected chi connectivity index (χ4v) is 8.19. The van der Waals surface area contributed by atoms with Crippen LogP contribution < -0.4 is 9.47 Å². The van der Waals surface area contributed by atoms with Crippen molar-refractivity contribution in [1.82, 2.24) is 19.9 Å². The number of hydrogen-bond acceptors (Lipinski definition) is 10. The summed E-state index contributed by atoms with van der Waals surface area (Å²) in [5, 5.41) is 0. The van der Waals surface area contributed by atoms with Crippen LogP contribution in [0.5, 0.6) is 11.5 Å². The average Bonchev–Trinajstić information content (AvgIpc) is 3.93. The van der Waals surface area contributed by atoms with Crippen molar-refractivity contribution < 1.29 is 38.1 Å². The van der Waals surface area contributed by atoms with Crippen molar-refractivity contribution in [1.29, 1.82) is 0 Å². The largest absolute Gasteiger partial charge is 0.497 e. The molecule has 3 aromatic heterocycles. The monoisotopic (exact) mass is 788 g/mol. The Morgan fingerprint density at radius 3 is 1.91 bits per heavy atom. The van der Waals surface area contributed by atoms with E-state index in [1.54, 1.807) is 26.4 Å². The Kier molecular flexibility index (Phi) is 12.2. The van der Waals surface area contributed by atoms with Crippen LogP contribution in [0.4, 0.5) is 0 Å². The molecule has 0 saturated carbocycles. The summed E-state index contributed by atoms with van der Waals surface area (Å²) in [5.41, 5.74) is 14.7. The van der Waals surface area contributed by atoms with E-state index in [0.717, 1.165) is 66.8 Å². The molecule has 58 heavy (non-hydrogen) atoms. The lowest BCUT2D eigenvalue weighted by molar-refractivity contribution is -0.142. The van der Waals surface area contributed by atoms with Gasteiger partial charge < -0.3 is 33.7 Å². The molecule has 12 nitrogen and oxygen atoms in total. The van der Waals surface area contributed by atoms with Gasteiger partial charge >= 0.3 is 17.9 Å². The first kappa shape index (κ1) is 41.5. The first-order chi connectivity index (χ1) is 27.9. The number of ether oxygens (including phenoxy) is 5. The third-order valence-corrected chi connectivity index (χ3v) is 11.2. The molecule has 8 bridgehead atoms. The summed E-state index contributed by atoms with van der Waals surface area (Å²) in [6, 6.07) is 9.40. The molecule has 304 valence electrons. The van der Waals surface area contributed by atoms with Gasteiger partial charge in [0.25, 0.3) is 0 Å². The van der Waals surface area contributed by atoms with Gasteiger partial charge in [-0.15, -0.1) is 0 Å². The summed E-state index contributed by atoms with van der Waals surface area (Å²) in [6.45, 7) is 13.8. The molecule has 0 saturated heterocycles. The minimum Gasteiger partial charge on any atom is -0.497 e. The van der Waals surface area contributed by atoms with Gasteiger partial charge in [0.2, 0.25) is 0 Å². The molecule has 1 aromatic carbocycles. The van der Waals surface area contributed by atoms with E-state index >= 15 is 0 Å². The highest BCUT2D eigenvalue weighted by molar-refractivity contribution is 6.08. The van der Waals surface area contributed by atoms with Crippen LogP contribution in [-0.4, -0.2) is 66.3 Å². The number of esters is 3. The molecule has 0 spiro atoms. The van der Waals surface area contributed by atoms with E-state index in [4.69, 9.17) is 33.7 Å². The fraction of sp³-hybridized carbons (Fsp3) is 0.370. The Morgan fingerprint density at radius 2 is 1.31 bits per heavy atom. The zero-order valence-electron chi connectivity index (χ0n) is 35.3. The zero-order valence-corrected chi connectivity index (χ0v) is 35.3. The Bertz CT molecular complexity index is 2570. The van der Waals surface area contributed by atoms with Gasteiger partial charge in [-0.3, -0.25) is 9.59 Å². The molecular formula is C46H52N4O8. The van der Waals surface area contributed by atoms with E-state index in [1.807, 2.05) is 32.0 Å². The maximum atomic E-state index is 13.8. The first-order valence-corrected chi connectivity index (χ1v) is 19.6. The number of H-pyrrole nitrogens is 2. The minimum atomic E-state index is -0.556. The summed E-state index contributed by atoms with van der Waals surface area (Å²) < 4.78 is 27.8. The molecule has 0 unspecified atom stereocenters. The van der Waals surface area contributed by atoms with E-state index in [9.17, 15) is 14.4 Å². The average molecular weight is 789 g/mol. The van der Waals surface area contributed by atoms with Crippen molar-refractivity contribution in [2.24, 2.45) is 0 Å². The maximum absolute atomic E-state index is 13.8. The third-order valence-electron chi connectivity index (χ3n) is 11.2. The van der Waals surface area contributed by atoms with E-state index < -0.39 is 17.9 Å². The molecule has 12 heteroatoms. The number of fused-ring (bicyclic) bond motifs is 8. The van der Waals surface area contributed by atoms with Gasteiger partial charge in [0.15, 0.2) is 0 Å². The van der Waals surface area contributed by atoms with Crippen molar-refractivity contribution in [2.75, 3.05) is 28.4 Å². The smallest absolute Gasteiger partial charge is 0.338 e. The number of benzene rings is 1. The lowest BCUT2D eigenvalue weighted by Crippen LogP contribution is -2.07. The molecule has 5 heterocycles. The number of aromatic nitrogens is 4. The Labute approximate surface area is 338 Å². The number of rotatable bonds is 12. The molecule has 2 N–H and O–H groups in total. The van der Waals surface area contributed by atoms with Gasteiger partial charge in [-0.05, 0) is 103 Å². The fourth-order valence-electron chi connectivity index (χ4n) is 8.19. The van der Waals surface area contributed by atoms with Crippen LogP contribution >= 0.6 is 0 Å². The van der Waals surface area contributed by atoms with Crippen molar-refractivity contribution >= 4 is 62.3 Å². The number of hydrogen-bond donors (Lipinski definition) is 2. The SMILES string of the molecule is CCC1=C(CC)c2nc1cc1[nH]c(cc3nc(cc4[nH]c(c(CC)c4CC)c2-c2c(OC)cc(OC)cc2C(=O)OC)C(C)=C3CC(=O)OC)c(COC(C)=O)c1C. The van der Waals surface area contributed by atoms with E-state index in [1.165, 1.54) is 21.1 Å². The number of carbonyl (C=O) groups is 3. The topological polar surface area (TPSA) is 155 Å². The van der Waals surface area contributed by atoms with Crippen molar-refractivity contribution in [2.45, 2.75) is 87.2 Å². The molecule has 4 aromatic rings. The molecule has 6 rings (SSSR count). The first-order valence-electron chi connectivity index (χ1n) is 19.6. The zero-order chi connectivity index (χ0) is 42.0. The highest BCUT2D eigenvalue weighted by Crippen LogP contribution is 2.47.